The van der Waals surface area contributed by atoms with Crippen molar-refractivity contribution < 1.29 is 0 Å². The van der Waals surface area contributed by atoms with Crippen LogP contribution in [0.25, 0.3) is 11.1 Å². The van der Waals surface area contributed by atoms with E-state index in [9.17, 15) is 0 Å². The van der Waals surface area contributed by atoms with Crippen molar-refractivity contribution in [2.24, 2.45) is 0 Å². The molecule has 1 fully saturated rings. The third-order valence-corrected chi connectivity index (χ3v) is 15.7. The van der Waals surface area contributed by atoms with Crippen molar-refractivity contribution in [3.63, 3.8) is 0 Å². The highest BCUT2D eigenvalue weighted by Crippen LogP contribution is 2.62. The standard InChI is InChI=1S/C59H60BN3/c1-39-19-13-14-22-46(39)40-25-31-50-47(35-40)58(8)33-17-18-34-59(58,9)63(50)45-37-53-55-54(38-45)62(44-29-26-41(27-30-44)56(2,3)4)52-32-28-42(57(5,6)7)36-49(52)60(55)48-23-15-16-24-51(48)61(53)43-20-11-10-12-21-43/h10-16,19-32,35-38H,17-18,33-34H2,1-9H3. The number of para-hydroxylation sites is 2. The summed E-state index contributed by atoms with van der Waals surface area (Å²) in [6.07, 6.45) is 4.77. The molecule has 4 aliphatic rings. The Bertz CT molecular complexity index is 2940. The molecule has 0 N–H and O–H groups in total. The average Bonchev–Trinajstić information content (AvgIpc) is 3.48. The zero-order valence-corrected chi connectivity index (χ0v) is 38.7. The minimum Gasteiger partial charge on any atom is -0.334 e. The molecule has 0 saturated heterocycles. The van der Waals surface area contributed by atoms with Gasteiger partial charge in [-0.2, -0.15) is 0 Å². The quantitative estimate of drug-likeness (QED) is 0.164. The van der Waals surface area contributed by atoms with E-state index >= 15 is 0 Å². The largest absolute Gasteiger partial charge is 0.334 e. The summed E-state index contributed by atoms with van der Waals surface area (Å²) in [5.41, 5.74) is 22.1. The van der Waals surface area contributed by atoms with Gasteiger partial charge in [0.1, 0.15) is 0 Å². The predicted octanol–water partition coefficient (Wildman–Crippen LogP) is 14.1. The molecule has 63 heavy (non-hydrogen) atoms. The normalized spacial score (nSPS) is 19.9. The number of hydrogen-bond donors (Lipinski definition) is 0. The molecule has 1 aliphatic carbocycles. The molecular formula is C59H60BN3. The summed E-state index contributed by atoms with van der Waals surface area (Å²) in [6.45, 7) is 21.4. The third-order valence-electron chi connectivity index (χ3n) is 15.7. The zero-order chi connectivity index (χ0) is 43.6. The number of anilines is 8. The van der Waals surface area contributed by atoms with Crippen molar-refractivity contribution in [2.45, 2.75) is 110 Å². The molecule has 11 rings (SSSR count). The first kappa shape index (κ1) is 39.8. The summed E-state index contributed by atoms with van der Waals surface area (Å²) in [6, 6.07) is 58.4. The molecule has 2 atom stereocenters. The zero-order valence-electron chi connectivity index (χ0n) is 38.7. The van der Waals surface area contributed by atoms with Crippen molar-refractivity contribution in [1.29, 1.82) is 0 Å². The van der Waals surface area contributed by atoms with Gasteiger partial charge in [0.15, 0.2) is 0 Å². The van der Waals surface area contributed by atoms with Crippen LogP contribution in [0.15, 0.2) is 152 Å². The molecule has 3 heterocycles. The monoisotopic (exact) mass is 821 g/mol. The minimum atomic E-state index is -0.129. The van der Waals surface area contributed by atoms with Gasteiger partial charge in [-0.25, -0.2) is 0 Å². The summed E-state index contributed by atoms with van der Waals surface area (Å²) in [4.78, 5) is 7.96. The van der Waals surface area contributed by atoms with Crippen LogP contribution in [0.1, 0.15) is 103 Å². The van der Waals surface area contributed by atoms with Crippen LogP contribution < -0.4 is 31.1 Å². The van der Waals surface area contributed by atoms with E-state index in [1.165, 1.54) is 115 Å². The molecule has 314 valence electrons. The second-order valence-electron chi connectivity index (χ2n) is 21.4. The van der Waals surface area contributed by atoms with Crippen molar-refractivity contribution in [2.75, 3.05) is 14.7 Å². The van der Waals surface area contributed by atoms with Crippen molar-refractivity contribution in [3.05, 3.63) is 174 Å². The summed E-state index contributed by atoms with van der Waals surface area (Å²) < 4.78 is 0. The van der Waals surface area contributed by atoms with Gasteiger partial charge in [0.05, 0.1) is 5.54 Å². The second kappa shape index (κ2) is 14.0. The van der Waals surface area contributed by atoms with E-state index in [2.05, 4.69) is 229 Å². The lowest BCUT2D eigenvalue weighted by Crippen LogP contribution is -2.61. The Kier molecular flexibility index (Phi) is 8.85. The Morgan fingerprint density at radius 2 is 1.08 bits per heavy atom. The van der Waals surface area contributed by atoms with Gasteiger partial charge < -0.3 is 14.7 Å². The van der Waals surface area contributed by atoms with Gasteiger partial charge >= 0.3 is 0 Å². The molecule has 4 heteroatoms. The van der Waals surface area contributed by atoms with Crippen molar-refractivity contribution in [3.8, 4) is 11.1 Å². The maximum absolute atomic E-state index is 2.79. The molecule has 1 saturated carbocycles. The SMILES string of the molecule is Cc1ccccc1-c1ccc2c(c1)C1(C)CCCCC1(C)N2c1cc2c3c(c1)N(c1ccc(C(C)(C)C)cc1)c1ccc(C(C)(C)C)cc1B3c1ccccc1N2c1ccccc1. The molecule has 0 radical (unpaired) electrons. The first-order valence-electron chi connectivity index (χ1n) is 23.4. The Morgan fingerprint density at radius 3 is 1.78 bits per heavy atom. The summed E-state index contributed by atoms with van der Waals surface area (Å²) >= 11 is 0. The molecule has 3 aliphatic heterocycles. The second-order valence-corrected chi connectivity index (χ2v) is 21.4. The van der Waals surface area contributed by atoms with Gasteiger partial charge in [-0.1, -0.05) is 152 Å². The topological polar surface area (TPSA) is 9.72 Å². The summed E-state index contributed by atoms with van der Waals surface area (Å²) in [7, 11) is 0. The number of aryl methyl sites for hydroxylation is 1. The summed E-state index contributed by atoms with van der Waals surface area (Å²) in [5, 5.41) is 0. The van der Waals surface area contributed by atoms with E-state index < -0.39 is 0 Å². The lowest BCUT2D eigenvalue weighted by atomic mass is 9.33. The molecule has 2 unspecified atom stereocenters. The van der Waals surface area contributed by atoms with E-state index in [1.807, 2.05) is 0 Å². The summed E-state index contributed by atoms with van der Waals surface area (Å²) in [5.74, 6) is 0. The van der Waals surface area contributed by atoms with Crippen LogP contribution in [0, 0.1) is 6.92 Å². The van der Waals surface area contributed by atoms with E-state index in [0.29, 0.717) is 0 Å². The van der Waals surface area contributed by atoms with Crippen molar-refractivity contribution >= 4 is 68.6 Å². The molecule has 0 amide bonds. The number of benzene rings is 7. The van der Waals surface area contributed by atoms with E-state index in [1.54, 1.807) is 0 Å². The average molecular weight is 822 g/mol. The lowest BCUT2D eigenvalue weighted by Gasteiger charge is -2.51. The first-order chi connectivity index (χ1) is 30.2. The van der Waals surface area contributed by atoms with Crippen LogP contribution in [0.4, 0.5) is 45.5 Å². The molecule has 0 bridgehead atoms. The Hall–Kier alpha value is -6.00. The van der Waals surface area contributed by atoms with Gasteiger partial charge in [-0.3, -0.25) is 0 Å². The van der Waals surface area contributed by atoms with E-state index in [0.717, 1.165) is 6.42 Å². The molecule has 0 spiro atoms. The van der Waals surface area contributed by atoms with Gasteiger partial charge in [-0.05, 0) is 148 Å². The van der Waals surface area contributed by atoms with E-state index in [-0.39, 0.29) is 28.5 Å². The predicted molar refractivity (Wildman–Crippen MR) is 271 cm³/mol. The number of hydrogen-bond acceptors (Lipinski definition) is 3. The van der Waals surface area contributed by atoms with Crippen molar-refractivity contribution in [1.82, 2.24) is 0 Å². The van der Waals surface area contributed by atoms with Crippen LogP contribution in [0.3, 0.4) is 0 Å². The minimum absolute atomic E-state index is 0.00422. The first-order valence-corrected chi connectivity index (χ1v) is 23.4. The highest BCUT2D eigenvalue weighted by molar-refractivity contribution is 7.00. The van der Waals surface area contributed by atoms with Gasteiger partial charge in [-0.15, -0.1) is 0 Å². The van der Waals surface area contributed by atoms with Crippen LogP contribution in [0.2, 0.25) is 0 Å². The Labute approximate surface area is 376 Å². The van der Waals surface area contributed by atoms with Crippen LogP contribution in [-0.2, 0) is 16.2 Å². The maximum Gasteiger partial charge on any atom is 0.252 e. The smallest absolute Gasteiger partial charge is 0.252 e. The fourth-order valence-corrected chi connectivity index (χ4v) is 12.0. The number of nitrogens with zero attached hydrogens (tertiary/aromatic N) is 3. The fourth-order valence-electron chi connectivity index (χ4n) is 12.0. The Balaban J connectivity index is 1.23. The van der Waals surface area contributed by atoms with Crippen LogP contribution in [-0.4, -0.2) is 12.3 Å². The van der Waals surface area contributed by atoms with Gasteiger partial charge in [0, 0.05) is 50.9 Å². The molecule has 0 aromatic heterocycles. The third kappa shape index (κ3) is 5.93. The van der Waals surface area contributed by atoms with Crippen LogP contribution >= 0.6 is 0 Å². The molecule has 7 aromatic rings. The highest BCUT2D eigenvalue weighted by atomic mass is 15.3. The highest BCUT2D eigenvalue weighted by Gasteiger charge is 2.58. The Morgan fingerprint density at radius 1 is 0.492 bits per heavy atom. The fraction of sp³-hybridized carbons (Fsp3) is 0.288. The maximum atomic E-state index is 2.79. The number of fused-ring (bicyclic) bond motifs is 7. The van der Waals surface area contributed by atoms with E-state index in [4.69, 9.17) is 0 Å². The van der Waals surface area contributed by atoms with Gasteiger partial charge in [0.2, 0.25) is 0 Å². The molecule has 7 aromatic carbocycles. The molecule has 3 nitrogen and oxygen atoms in total. The van der Waals surface area contributed by atoms with Crippen LogP contribution in [0.5, 0.6) is 0 Å². The lowest BCUT2D eigenvalue weighted by molar-refractivity contribution is 0.195. The molecular weight excluding hydrogens is 761 g/mol. The van der Waals surface area contributed by atoms with Gasteiger partial charge in [0.25, 0.3) is 6.71 Å². The number of rotatable bonds is 4.